The van der Waals surface area contributed by atoms with Gasteiger partial charge in [0.1, 0.15) is 0 Å². The molecular formula is C24H21Cl4N3S2. The molecule has 9 heteroatoms. The summed E-state index contributed by atoms with van der Waals surface area (Å²) in [7, 11) is 0. The Bertz CT molecular complexity index is 1310. The lowest BCUT2D eigenvalue weighted by Gasteiger charge is -2.08. The Hall–Kier alpha value is -1.21. The normalized spacial score (nSPS) is 12.4. The van der Waals surface area contributed by atoms with Gasteiger partial charge in [-0.1, -0.05) is 77.7 Å². The summed E-state index contributed by atoms with van der Waals surface area (Å²) >= 11 is 28.4. The molecule has 2 heterocycles. The number of hydrogen-bond acceptors (Lipinski definition) is 4. The van der Waals surface area contributed by atoms with Gasteiger partial charge in [-0.15, -0.1) is 11.8 Å². The molecule has 0 N–H and O–H groups in total. The zero-order valence-electron chi connectivity index (χ0n) is 18.4. The van der Waals surface area contributed by atoms with Crippen LogP contribution in [0.3, 0.4) is 0 Å². The topological polar surface area (TPSA) is 30.7 Å². The number of thioether (sulfide) groups is 1. The highest BCUT2D eigenvalue weighted by Crippen LogP contribution is 2.42. The molecule has 0 aliphatic heterocycles. The molecule has 1 atom stereocenters. The van der Waals surface area contributed by atoms with Gasteiger partial charge in [0.2, 0.25) is 5.13 Å². The van der Waals surface area contributed by atoms with E-state index < -0.39 is 0 Å². The Morgan fingerprint density at radius 3 is 2.30 bits per heavy atom. The van der Waals surface area contributed by atoms with Crippen molar-refractivity contribution in [3.05, 3.63) is 67.9 Å². The summed E-state index contributed by atoms with van der Waals surface area (Å²) < 4.78 is 3.02. The van der Waals surface area contributed by atoms with Crippen molar-refractivity contribution in [2.45, 2.75) is 43.6 Å². The third-order valence-corrected chi connectivity index (χ3v) is 8.97. The van der Waals surface area contributed by atoms with Crippen molar-refractivity contribution < 1.29 is 0 Å². The molecule has 2 aromatic carbocycles. The van der Waals surface area contributed by atoms with Gasteiger partial charge in [-0.3, -0.25) is 0 Å². The highest BCUT2D eigenvalue weighted by Gasteiger charge is 2.22. The zero-order valence-corrected chi connectivity index (χ0v) is 23.1. The third-order valence-electron chi connectivity index (χ3n) is 5.28. The van der Waals surface area contributed by atoms with Crippen LogP contribution in [0.25, 0.3) is 27.5 Å². The lowest BCUT2D eigenvalue weighted by atomic mass is 10.0. The van der Waals surface area contributed by atoms with Gasteiger partial charge >= 0.3 is 0 Å². The van der Waals surface area contributed by atoms with Crippen LogP contribution in [0.1, 0.15) is 31.7 Å². The van der Waals surface area contributed by atoms with Crippen molar-refractivity contribution in [2.75, 3.05) is 0 Å². The van der Waals surface area contributed by atoms with E-state index in [1.54, 1.807) is 23.5 Å². The van der Waals surface area contributed by atoms with E-state index in [0.29, 0.717) is 25.3 Å². The maximum absolute atomic E-state index is 6.31. The predicted molar refractivity (Wildman–Crippen MR) is 145 cm³/mol. The molecule has 2 aromatic heterocycles. The minimum atomic E-state index is 0.449. The van der Waals surface area contributed by atoms with Crippen molar-refractivity contribution in [1.29, 1.82) is 0 Å². The molecule has 0 aliphatic carbocycles. The largest absolute Gasteiger partial charge is 0.217 e. The summed E-state index contributed by atoms with van der Waals surface area (Å²) in [5, 5.41) is 8.27. The Morgan fingerprint density at radius 2 is 1.67 bits per heavy atom. The molecule has 0 aliphatic rings. The Kier molecular flexibility index (Phi) is 7.69. The van der Waals surface area contributed by atoms with Crippen molar-refractivity contribution in [3.63, 3.8) is 0 Å². The van der Waals surface area contributed by atoms with E-state index in [1.165, 1.54) is 0 Å². The maximum Gasteiger partial charge on any atom is 0.212 e. The zero-order chi connectivity index (χ0) is 23.9. The number of aryl methyl sites for hydroxylation is 1. The molecule has 33 heavy (non-hydrogen) atoms. The molecule has 4 aromatic rings. The van der Waals surface area contributed by atoms with Gasteiger partial charge in [0.05, 0.1) is 31.3 Å². The van der Waals surface area contributed by atoms with Crippen LogP contribution in [0.15, 0.2) is 40.6 Å². The molecule has 0 radical (unpaired) electrons. The molecule has 0 amide bonds. The number of thiazole rings is 1. The fourth-order valence-electron chi connectivity index (χ4n) is 3.50. The van der Waals surface area contributed by atoms with Crippen LogP contribution >= 0.6 is 69.5 Å². The summed E-state index contributed by atoms with van der Waals surface area (Å²) in [6.45, 7) is 8.41. The first-order valence-electron chi connectivity index (χ1n) is 10.3. The van der Waals surface area contributed by atoms with Crippen LogP contribution < -0.4 is 0 Å². The van der Waals surface area contributed by atoms with Gasteiger partial charge in [0.15, 0.2) is 0 Å². The number of aromatic nitrogens is 3. The first-order valence-corrected chi connectivity index (χ1v) is 13.5. The molecule has 0 saturated carbocycles. The summed E-state index contributed by atoms with van der Waals surface area (Å²) in [6.07, 6.45) is 1.05. The molecule has 4 rings (SSSR count). The lowest BCUT2D eigenvalue weighted by molar-refractivity contribution is 0.826. The molecule has 0 spiro atoms. The van der Waals surface area contributed by atoms with Crippen molar-refractivity contribution in [3.8, 4) is 27.5 Å². The van der Waals surface area contributed by atoms with Crippen LogP contribution in [-0.2, 0) is 0 Å². The minimum Gasteiger partial charge on any atom is -0.217 e. The number of hydrogen-bond donors (Lipinski definition) is 0. The molecule has 0 fully saturated rings. The smallest absolute Gasteiger partial charge is 0.212 e. The highest BCUT2D eigenvalue weighted by atomic mass is 35.5. The van der Waals surface area contributed by atoms with Gasteiger partial charge in [0.25, 0.3) is 0 Å². The average Bonchev–Trinajstić information content (AvgIpc) is 3.29. The average molecular weight is 557 g/mol. The van der Waals surface area contributed by atoms with E-state index in [-0.39, 0.29) is 0 Å². The highest BCUT2D eigenvalue weighted by molar-refractivity contribution is 8.01. The molecule has 0 saturated heterocycles. The van der Waals surface area contributed by atoms with Gasteiger partial charge in [-0.05, 0) is 56.2 Å². The van der Waals surface area contributed by atoms with Crippen molar-refractivity contribution >= 4 is 69.5 Å². The summed E-state index contributed by atoms with van der Waals surface area (Å²) in [6, 6.07) is 11.2. The first-order chi connectivity index (χ1) is 15.7. The van der Waals surface area contributed by atoms with Gasteiger partial charge in [-0.25, -0.2) is 9.67 Å². The van der Waals surface area contributed by atoms with Crippen molar-refractivity contribution in [1.82, 2.24) is 14.8 Å². The molecule has 3 nitrogen and oxygen atoms in total. The van der Waals surface area contributed by atoms with E-state index in [2.05, 4.69) is 13.8 Å². The van der Waals surface area contributed by atoms with Crippen LogP contribution in [-0.4, -0.2) is 20.0 Å². The monoisotopic (exact) mass is 555 g/mol. The van der Waals surface area contributed by atoms with Gasteiger partial charge in [0, 0.05) is 26.4 Å². The third kappa shape index (κ3) is 5.24. The van der Waals surface area contributed by atoms with Crippen LogP contribution in [0.5, 0.6) is 0 Å². The standard InChI is InChI=1S/C24H21Cl4N3S2/c1-5-12(2)32-23-22(15-6-7-19(27)20(28)10-15)29-24(33-23)31-14(4)21(13(3)30-31)16-8-17(25)11-18(26)9-16/h6-12H,5H2,1-4H3. The second-order valence-electron chi connectivity index (χ2n) is 7.71. The van der Waals surface area contributed by atoms with Crippen LogP contribution in [0, 0.1) is 13.8 Å². The summed E-state index contributed by atoms with van der Waals surface area (Å²) in [5.74, 6) is 0. The Morgan fingerprint density at radius 1 is 0.970 bits per heavy atom. The summed E-state index contributed by atoms with van der Waals surface area (Å²) in [4.78, 5) is 5.00. The van der Waals surface area contributed by atoms with Crippen molar-refractivity contribution in [2.24, 2.45) is 0 Å². The first kappa shape index (κ1) is 24.9. The fourth-order valence-corrected chi connectivity index (χ4v) is 6.87. The maximum atomic E-state index is 6.31. The quantitative estimate of drug-likeness (QED) is 0.221. The number of halogens is 4. The number of nitrogens with zero attached hydrogens (tertiary/aromatic N) is 3. The second kappa shape index (κ2) is 10.2. The van der Waals surface area contributed by atoms with Crippen LogP contribution in [0.4, 0.5) is 0 Å². The lowest BCUT2D eigenvalue weighted by Crippen LogP contribution is -1.98. The molecule has 1 unspecified atom stereocenters. The predicted octanol–water partition coefficient (Wildman–Crippen LogP) is 9.78. The summed E-state index contributed by atoms with van der Waals surface area (Å²) in [5.41, 5.74) is 5.61. The van der Waals surface area contributed by atoms with E-state index in [0.717, 1.165) is 49.5 Å². The SMILES string of the molecule is CCC(C)Sc1sc(-n2nc(C)c(-c3cc(Cl)cc(Cl)c3)c2C)nc1-c1ccc(Cl)c(Cl)c1. The van der Waals surface area contributed by atoms with Gasteiger partial charge in [-0.2, -0.15) is 5.10 Å². The molecule has 172 valence electrons. The van der Waals surface area contributed by atoms with Gasteiger partial charge < -0.3 is 0 Å². The number of rotatable bonds is 6. The Labute approximate surface area is 222 Å². The van der Waals surface area contributed by atoms with E-state index in [9.17, 15) is 0 Å². The molecule has 0 bridgehead atoms. The second-order valence-corrected chi connectivity index (χ2v) is 12.1. The van der Waals surface area contributed by atoms with Crippen LogP contribution in [0.2, 0.25) is 20.1 Å². The molecular weight excluding hydrogens is 536 g/mol. The van der Waals surface area contributed by atoms with E-state index in [1.807, 2.05) is 54.6 Å². The number of benzene rings is 2. The Balaban J connectivity index is 1.85. The minimum absolute atomic E-state index is 0.449. The fraction of sp³-hybridized carbons (Fsp3) is 0.250. The van der Waals surface area contributed by atoms with E-state index >= 15 is 0 Å². The van der Waals surface area contributed by atoms with E-state index in [4.69, 9.17) is 56.5 Å².